The number of ether oxygens (including phenoxy) is 1. The summed E-state index contributed by atoms with van der Waals surface area (Å²) in [6.45, 7) is 6.51. The molecule has 1 saturated heterocycles. The van der Waals surface area contributed by atoms with Crippen LogP contribution in [0.25, 0.3) is 0 Å². The molecule has 2 N–H and O–H groups in total. The lowest BCUT2D eigenvalue weighted by Crippen LogP contribution is -2.44. The largest absolute Gasteiger partial charge is 0.495 e. The molecule has 0 saturated carbocycles. The van der Waals surface area contributed by atoms with Gasteiger partial charge in [-0.15, -0.1) is 0 Å². The number of hydrogen-bond donors (Lipinski definition) is 2. The standard InChI is InChI=1S/C22H22Cl2F2N2.C9H9NO3/c1-21(2,3)10-19-22(12-27,15-8-7-13(23)9-18(15)25)16(11-28-19)14-5-4-6-17(24)20(14)26;1-13-9-4-7(5-11)2-3-8(9)10-6-12/h4-9,16,19,28H,10-11H2,1-3H3;2-6H,1H3,(H,10,12). The molecule has 0 spiro atoms. The number of methoxy groups -OCH3 is 1. The molecule has 0 aromatic heterocycles. The molecule has 1 fully saturated rings. The van der Waals surface area contributed by atoms with E-state index in [2.05, 4.69) is 37.5 Å². The number of carbonyl (C=O) groups is 2. The normalized spacial score (nSPS) is 19.9. The van der Waals surface area contributed by atoms with E-state index in [9.17, 15) is 19.2 Å². The van der Waals surface area contributed by atoms with E-state index in [4.69, 9.17) is 27.9 Å². The van der Waals surface area contributed by atoms with E-state index >= 15 is 4.39 Å². The van der Waals surface area contributed by atoms with Crippen LogP contribution in [0.15, 0.2) is 54.6 Å². The number of anilines is 1. The van der Waals surface area contributed by atoms with Gasteiger partial charge >= 0.3 is 0 Å². The molecular weight excluding hydrogens is 571 g/mol. The number of rotatable bonds is 7. The van der Waals surface area contributed by atoms with Crippen LogP contribution in [-0.4, -0.2) is 32.4 Å². The Morgan fingerprint density at radius 2 is 1.88 bits per heavy atom. The molecule has 4 rings (SSSR count). The maximum Gasteiger partial charge on any atom is 0.211 e. The summed E-state index contributed by atoms with van der Waals surface area (Å²) in [7, 11) is 1.47. The summed E-state index contributed by atoms with van der Waals surface area (Å²) in [6, 6.07) is 15.8. The zero-order valence-corrected chi connectivity index (χ0v) is 24.6. The predicted octanol–water partition coefficient (Wildman–Crippen LogP) is 7.30. The van der Waals surface area contributed by atoms with E-state index in [0.717, 1.165) is 0 Å². The Kier molecular flexibility index (Phi) is 10.5. The molecule has 1 aliphatic rings. The van der Waals surface area contributed by atoms with Crippen molar-refractivity contribution in [2.75, 3.05) is 19.0 Å². The molecule has 216 valence electrons. The first-order chi connectivity index (χ1) is 19.4. The topological polar surface area (TPSA) is 91.2 Å². The van der Waals surface area contributed by atoms with Crippen LogP contribution < -0.4 is 15.4 Å². The lowest BCUT2D eigenvalue weighted by Gasteiger charge is -2.37. The van der Waals surface area contributed by atoms with Crippen molar-refractivity contribution in [2.45, 2.75) is 44.6 Å². The minimum absolute atomic E-state index is 0.0137. The SMILES string of the molecule is CC(C)(C)CC1NCC(c2cccc(Cl)c2F)C1(C#N)c1ccc(Cl)cc1F.COc1cc(C=O)ccc1NC=O. The fraction of sp³-hybridized carbons (Fsp3) is 0.323. The van der Waals surface area contributed by atoms with E-state index in [0.29, 0.717) is 48.2 Å². The van der Waals surface area contributed by atoms with Crippen molar-refractivity contribution < 1.29 is 23.1 Å². The number of aldehydes is 1. The van der Waals surface area contributed by atoms with Crippen LogP contribution >= 0.6 is 23.2 Å². The van der Waals surface area contributed by atoms with E-state index in [1.165, 1.54) is 19.2 Å². The minimum atomic E-state index is -1.30. The third kappa shape index (κ3) is 7.05. The number of halogens is 4. The molecule has 1 amide bonds. The maximum absolute atomic E-state index is 15.0. The van der Waals surface area contributed by atoms with Crippen LogP contribution in [0.5, 0.6) is 5.75 Å². The number of nitrogens with one attached hydrogen (secondary N) is 2. The predicted molar refractivity (Wildman–Crippen MR) is 157 cm³/mol. The number of carbonyl (C=O) groups excluding carboxylic acids is 2. The monoisotopic (exact) mass is 601 g/mol. The van der Waals surface area contributed by atoms with E-state index in [1.54, 1.807) is 42.5 Å². The summed E-state index contributed by atoms with van der Waals surface area (Å²) in [5, 5.41) is 16.4. The summed E-state index contributed by atoms with van der Waals surface area (Å²) in [5.74, 6) is -1.26. The van der Waals surface area contributed by atoms with Gasteiger partial charge in [-0.3, -0.25) is 9.59 Å². The van der Waals surface area contributed by atoms with E-state index in [-0.39, 0.29) is 27.1 Å². The van der Waals surface area contributed by atoms with Crippen LogP contribution in [0.3, 0.4) is 0 Å². The van der Waals surface area contributed by atoms with Crippen molar-refractivity contribution in [3.8, 4) is 11.8 Å². The average Bonchev–Trinajstić information content (AvgIpc) is 3.27. The van der Waals surface area contributed by atoms with Gasteiger partial charge in [0.25, 0.3) is 0 Å². The third-order valence-electron chi connectivity index (χ3n) is 6.98. The fourth-order valence-electron chi connectivity index (χ4n) is 5.20. The molecule has 1 heterocycles. The molecule has 3 unspecified atom stereocenters. The van der Waals surface area contributed by atoms with Gasteiger partial charge in [0, 0.05) is 34.7 Å². The smallest absolute Gasteiger partial charge is 0.211 e. The van der Waals surface area contributed by atoms with Gasteiger partial charge in [0.05, 0.1) is 23.9 Å². The molecule has 3 aromatic rings. The van der Waals surface area contributed by atoms with Gasteiger partial charge in [-0.25, -0.2) is 8.78 Å². The summed E-state index contributed by atoms with van der Waals surface area (Å²) >= 11 is 11.9. The Balaban J connectivity index is 0.000000298. The molecule has 3 atom stereocenters. The number of nitriles is 1. The molecule has 6 nitrogen and oxygen atoms in total. The van der Waals surface area contributed by atoms with Gasteiger partial charge in [0.2, 0.25) is 6.41 Å². The van der Waals surface area contributed by atoms with Gasteiger partial charge in [-0.1, -0.05) is 62.2 Å². The van der Waals surface area contributed by atoms with Gasteiger partial charge < -0.3 is 15.4 Å². The second-order valence-electron chi connectivity index (χ2n) is 10.9. The van der Waals surface area contributed by atoms with Crippen molar-refractivity contribution in [2.24, 2.45) is 5.41 Å². The summed E-state index contributed by atoms with van der Waals surface area (Å²) in [4.78, 5) is 20.6. The summed E-state index contributed by atoms with van der Waals surface area (Å²) < 4.78 is 34.9. The second-order valence-corrected chi connectivity index (χ2v) is 11.7. The highest BCUT2D eigenvalue weighted by atomic mass is 35.5. The molecule has 0 bridgehead atoms. The molecule has 0 radical (unpaired) electrons. The lowest BCUT2D eigenvalue weighted by atomic mass is 9.64. The molecule has 41 heavy (non-hydrogen) atoms. The molecule has 3 aromatic carbocycles. The Morgan fingerprint density at radius 3 is 2.46 bits per heavy atom. The van der Waals surface area contributed by atoms with E-state index in [1.807, 2.05) is 0 Å². The fourth-order valence-corrected chi connectivity index (χ4v) is 5.54. The zero-order chi connectivity index (χ0) is 30.4. The Hall–Kier alpha value is -3.51. The Morgan fingerprint density at radius 1 is 1.15 bits per heavy atom. The first-order valence-corrected chi connectivity index (χ1v) is 13.5. The van der Waals surface area contributed by atoms with Crippen molar-refractivity contribution in [3.63, 3.8) is 0 Å². The van der Waals surface area contributed by atoms with Gasteiger partial charge in [0.15, 0.2) is 0 Å². The molecule has 0 aliphatic carbocycles. The first kappa shape index (κ1) is 32.0. The quantitative estimate of drug-likeness (QED) is 0.277. The van der Waals surface area contributed by atoms with Gasteiger partial charge in [-0.2, -0.15) is 5.26 Å². The second kappa shape index (κ2) is 13.4. The third-order valence-corrected chi connectivity index (χ3v) is 7.51. The summed E-state index contributed by atoms with van der Waals surface area (Å²) in [6.07, 6.45) is 1.88. The molecular formula is C31H31Cl2F2N3O3. The number of nitrogens with zero attached hydrogens (tertiary/aromatic N) is 1. The van der Waals surface area contributed by atoms with Gasteiger partial charge in [0.1, 0.15) is 29.1 Å². The van der Waals surface area contributed by atoms with Crippen LogP contribution in [0.1, 0.15) is 54.6 Å². The van der Waals surface area contributed by atoms with Crippen molar-refractivity contribution >= 4 is 41.6 Å². The highest BCUT2D eigenvalue weighted by molar-refractivity contribution is 6.31. The number of amides is 1. The zero-order valence-electron chi connectivity index (χ0n) is 23.1. The lowest BCUT2D eigenvalue weighted by molar-refractivity contribution is -0.105. The van der Waals surface area contributed by atoms with Crippen LogP contribution in [-0.2, 0) is 10.2 Å². The first-order valence-electron chi connectivity index (χ1n) is 12.8. The minimum Gasteiger partial charge on any atom is -0.495 e. The highest BCUT2D eigenvalue weighted by Crippen LogP contribution is 2.50. The molecule has 1 aliphatic heterocycles. The van der Waals surface area contributed by atoms with Crippen molar-refractivity contribution in [1.29, 1.82) is 5.26 Å². The van der Waals surface area contributed by atoms with E-state index < -0.39 is 23.0 Å². The van der Waals surface area contributed by atoms with Crippen molar-refractivity contribution in [3.05, 3.63) is 93.0 Å². The van der Waals surface area contributed by atoms with Crippen LogP contribution in [0.2, 0.25) is 10.0 Å². The van der Waals surface area contributed by atoms with Crippen molar-refractivity contribution in [1.82, 2.24) is 5.32 Å². The summed E-state index contributed by atoms with van der Waals surface area (Å²) in [5.41, 5.74) is 0.171. The van der Waals surface area contributed by atoms with Crippen LogP contribution in [0.4, 0.5) is 14.5 Å². The van der Waals surface area contributed by atoms with Crippen LogP contribution in [0, 0.1) is 28.4 Å². The Bertz CT molecular complexity index is 1460. The maximum atomic E-state index is 15.0. The molecule has 10 heteroatoms. The average molecular weight is 603 g/mol. The Labute approximate surface area is 248 Å². The number of benzene rings is 3. The van der Waals surface area contributed by atoms with Gasteiger partial charge in [-0.05, 0) is 53.8 Å². The number of hydrogen-bond acceptors (Lipinski definition) is 5. The highest BCUT2D eigenvalue weighted by Gasteiger charge is 2.55.